The minimum Gasteiger partial charge on any atom is -0.376 e. The van der Waals surface area contributed by atoms with Crippen LogP contribution in [-0.2, 0) is 4.74 Å². The highest BCUT2D eigenvalue weighted by Crippen LogP contribution is 2.40. The van der Waals surface area contributed by atoms with E-state index in [0.717, 1.165) is 25.0 Å². The fourth-order valence-corrected chi connectivity index (χ4v) is 3.89. The maximum atomic E-state index is 8.92. The Morgan fingerprint density at radius 1 is 1.40 bits per heavy atom. The van der Waals surface area contributed by atoms with Crippen molar-refractivity contribution in [2.24, 2.45) is 5.92 Å². The Balaban J connectivity index is 2.19. The highest BCUT2D eigenvalue weighted by molar-refractivity contribution is 14.1. The summed E-state index contributed by atoms with van der Waals surface area (Å²) in [7, 11) is 0. The average molecular weight is 383 g/mol. The summed E-state index contributed by atoms with van der Waals surface area (Å²) in [5.41, 5.74) is 2.12. The molecule has 0 radical (unpaired) electrons. The van der Waals surface area contributed by atoms with Crippen LogP contribution in [0.25, 0.3) is 0 Å². The molecule has 1 fully saturated rings. The number of benzene rings is 1. The third kappa shape index (κ3) is 3.95. The number of rotatable bonds is 4. The van der Waals surface area contributed by atoms with Gasteiger partial charge in [-0.2, -0.15) is 5.26 Å². The van der Waals surface area contributed by atoms with Crippen LogP contribution in [0.3, 0.4) is 0 Å². The SMILES string of the molecule is CC1(C)CC(C(CCI)c2ccc(C#N)cc2)CCO1. The zero-order valence-electron chi connectivity index (χ0n) is 12.2. The summed E-state index contributed by atoms with van der Waals surface area (Å²) in [6.45, 7) is 5.25. The Labute approximate surface area is 135 Å². The van der Waals surface area contributed by atoms with E-state index in [4.69, 9.17) is 10.00 Å². The molecule has 0 aliphatic carbocycles. The number of ether oxygens (including phenoxy) is 1. The van der Waals surface area contributed by atoms with Gasteiger partial charge in [-0.05, 0) is 62.6 Å². The predicted octanol–water partition coefficient (Wildman–Crippen LogP) is 4.67. The number of hydrogen-bond donors (Lipinski definition) is 0. The molecule has 0 amide bonds. The molecule has 2 rings (SSSR count). The minimum atomic E-state index is -0.000958. The molecule has 1 aromatic carbocycles. The van der Waals surface area contributed by atoms with Gasteiger partial charge >= 0.3 is 0 Å². The van der Waals surface area contributed by atoms with Crippen molar-refractivity contribution in [1.29, 1.82) is 5.26 Å². The van der Waals surface area contributed by atoms with Crippen molar-refractivity contribution in [3.63, 3.8) is 0 Å². The van der Waals surface area contributed by atoms with Crippen LogP contribution >= 0.6 is 22.6 Å². The van der Waals surface area contributed by atoms with Crippen LogP contribution < -0.4 is 0 Å². The zero-order chi connectivity index (χ0) is 14.6. The van der Waals surface area contributed by atoms with Gasteiger partial charge in [-0.15, -0.1) is 0 Å². The maximum absolute atomic E-state index is 8.92. The maximum Gasteiger partial charge on any atom is 0.0991 e. The van der Waals surface area contributed by atoms with Gasteiger partial charge in [-0.1, -0.05) is 34.7 Å². The van der Waals surface area contributed by atoms with E-state index in [0.29, 0.717) is 11.8 Å². The predicted molar refractivity (Wildman–Crippen MR) is 90.2 cm³/mol. The number of hydrogen-bond acceptors (Lipinski definition) is 2. The average Bonchev–Trinajstić information content (AvgIpc) is 2.44. The van der Waals surface area contributed by atoms with Crippen LogP contribution in [0.4, 0.5) is 0 Å². The molecule has 0 aromatic heterocycles. The third-order valence-corrected chi connectivity index (χ3v) is 4.82. The highest BCUT2D eigenvalue weighted by Gasteiger charge is 2.33. The fraction of sp³-hybridized carbons (Fsp3) is 0.588. The minimum absolute atomic E-state index is 0.000958. The molecular weight excluding hydrogens is 361 g/mol. The standard InChI is InChI=1S/C17H22INO/c1-17(2)11-15(8-10-20-17)16(7-9-18)14-5-3-13(12-19)4-6-14/h3-6,15-16H,7-11H2,1-2H3. The van der Waals surface area contributed by atoms with E-state index in [1.165, 1.54) is 16.4 Å². The van der Waals surface area contributed by atoms with E-state index in [-0.39, 0.29) is 5.60 Å². The van der Waals surface area contributed by atoms with Crippen molar-refractivity contribution in [1.82, 2.24) is 0 Å². The summed E-state index contributed by atoms with van der Waals surface area (Å²) < 4.78 is 7.02. The molecule has 0 spiro atoms. The summed E-state index contributed by atoms with van der Waals surface area (Å²) in [4.78, 5) is 0. The monoisotopic (exact) mass is 383 g/mol. The summed E-state index contributed by atoms with van der Waals surface area (Å²) in [5.74, 6) is 1.27. The summed E-state index contributed by atoms with van der Waals surface area (Å²) in [5, 5.41) is 8.92. The van der Waals surface area contributed by atoms with Crippen LogP contribution in [-0.4, -0.2) is 16.6 Å². The summed E-state index contributed by atoms with van der Waals surface area (Å²) >= 11 is 2.46. The van der Waals surface area contributed by atoms with E-state index in [2.05, 4.69) is 54.6 Å². The molecule has 0 saturated carbocycles. The molecule has 0 bridgehead atoms. The van der Waals surface area contributed by atoms with Gasteiger partial charge in [0.25, 0.3) is 0 Å². The van der Waals surface area contributed by atoms with Crippen molar-refractivity contribution in [3.8, 4) is 6.07 Å². The smallest absolute Gasteiger partial charge is 0.0991 e. The molecule has 2 unspecified atom stereocenters. The lowest BCUT2D eigenvalue weighted by Gasteiger charge is -2.39. The first-order chi connectivity index (χ1) is 9.55. The topological polar surface area (TPSA) is 33.0 Å². The van der Waals surface area contributed by atoms with Crippen molar-refractivity contribution in [2.45, 2.75) is 44.6 Å². The van der Waals surface area contributed by atoms with Crippen molar-refractivity contribution < 1.29 is 4.74 Å². The molecular formula is C17H22INO. The first-order valence-corrected chi connectivity index (χ1v) is 8.78. The molecule has 108 valence electrons. The van der Waals surface area contributed by atoms with Crippen LogP contribution in [0.2, 0.25) is 0 Å². The van der Waals surface area contributed by atoms with Crippen LogP contribution in [0.5, 0.6) is 0 Å². The largest absolute Gasteiger partial charge is 0.376 e. The van der Waals surface area contributed by atoms with Gasteiger partial charge in [0.2, 0.25) is 0 Å². The first-order valence-electron chi connectivity index (χ1n) is 7.26. The lowest BCUT2D eigenvalue weighted by Crippen LogP contribution is -2.36. The Hall–Kier alpha value is -0.600. The number of halogens is 1. The summed E-state index contributed by atoms with van der Waals surface area (Å²) in [6.07, 6.45) is 3.46. The van der Waals surface area contributed by atoms with Gasteiger partial charge in [-0.25, -0.2) is 0 Å². The fourth-order valence-electron chi connectivity index (χ4n) is 3.22. The Morgan fingerprint density at radius 3 is 2.65 bits per heavy atom. The molecule has 2 atom stereocenters. The second-order valence-corrected chi connectivity index (χ2v) is 7.26. The van der Waals surface area contributed by atoms with Gasteiger partial charge < -0.3 is 4.74 Å². The Kier molecular flexibility index (Phi) is 5.45. The van der Waals surface area contributed by atoms with E-state index < -0.39 is 0 Å². The number of alkyl halides is 1. The third-order valence-electron chi connectivity index (χ3n) is 4.19. The Morgan fingerprint density at radius 2 is 2.10 bits per heavy atom. The number of nitriles is 1. The molecule has 1 aliphatic heterocycles. The zero-order valence-corrected chi connectivity index (χ0v) is 14.4. The number of nitrogens with zero attached hydrogens (tertiary/aromatic N) is 1. The van der Waals surface area contributed by atoms with Gasteiger partial charge in [0, 0.05) is 11.0 Å². The molecule has 1 aromatic rings. The quantitative estimate of drug-likeness (QED) is 0.559. The lowest BCUT2D eigenvalue weighted by atomic mass is 9.75. The highest BCUT2D eigenvalue weighted by atomic mass is 127. The molecule has 1 aliphatic rings. The van der Waals surface area contributed by atoms with Gasteiger partial charge in [-0.3, -0.25) is 0 Å². The second-order valence-electron chi connectivity index (χ2n) is 6.18. The van der Waals surface area contributed by atoms with Crippen molar-refractivity contribution in [2.75, 3.05) is 11.0 Å². The van der Waals surface area contributed by atoms with E-state index >= 15 is 0 Å². The van der Waals surface area contributed by atoms with Crippen LogP contribution in [0.15, 0.2) is 24.3 Å². The van der Waals surface area contributed by atoms with E-state index in [9.17, 15) is 0 Å². The van der Waals surface area contributed by atoms with E-state index in [1.54, 1.807) is 0 Å². The normalized spacial score (nSPS) is 23.0. The first kappa shape index (κ1) is 15.8. The van der Waals surface area contributed by atoms with E-state index in [1.807, 2.05) is 12.1 Å². The second kappa shape index (κ2) is 6.91. The van der Waals surface area contributed by atoms with Gasteiger partial charge in [0.1, 0.15) is 0 Å². The van der Waals surface area contributed by atoms with Crippen molar-refractivity contribution in [3.05, 3.63) is 35.4 Å². The molecule has 3 heteroatoms. The summed E-state index contributed by atoms with van der Waals surface area (Å²) in [6, 6.07) is 10.4. The molecule has 0 N–H and O–H groups in total. The van der Waals surface area contributed by atoms with Gasteiger partial charge in [0.15, 0.2) is 0 Å². The van der Waals surface area contributed by atoms with Gasteiger partial charge in [0.05, 0.1) is 17.2 Å². The molecule has 1 saturated heterocycles. The molecule has 2 nitrogen and oxygen atoms in total. The lowest BCUT2D eigenvalue weighted by molar-refractivity contribution is -0.0769. The van der Waals surface area contributed by atoms with Crippen molar-refractivity contribution >= 4 is 22.6 Å². The van der Waals surface area contributed by atoms with Crippen LogP contribution in [0, 0.1) is 17.2 Å². The Bertz CT molecular complexity index is 475. The molecule has 1 heterocycles. The molecule has 20 heavy (non-hydrogen) atoms. The van der Waals surface area contributed by atoms with Crippen LogP contribution in [0.1, 0.15) is 50.2 Å².